The van der Waals surface area contributed by atoms with E-state index in [4.69, 9.17) is 13.9 Å². The van der Waals surface area contributed by atoms with Gasteiger partial charge in [-0.3, -0.25) is 0 Å². The molecule has 1 rings (SSSR count). The van der Waals surface area contributed by atoms with Crippen LogP contribution < -0.4 is 0 Å². The van der Waals surface area contributed by atoms with Gasteiger partial charge in [-0.1, -0.05) is 12.8 Å². The summed E-state index contributed by atoms with van der Waals surface area (Å²) in [6, 6.07) is 2.38. The topological polar surface area (TPSA) is 27.7 Å². The van der Waals surface area contributed by atoms with Crippen LogP contribution in [0.3, 0.4) is 0 Å². The first-order chi connectivity index (χ1) is 11.8. The monoisotopic (exact) mass is 376 g/mol. The van der Waals surface area contributed by atoms with Crippen molar-refractivity contribution in [2.45, 2.75) is 78.1 Å². The van der Waals surface area contributed by atoms with Gasteiger partial charge in [0.2, 0.25) is 9.76 Å². The van der Waals surface area contributed by atoms with E-state index < -0.39 is 23.9 Å². The van der Waals surface area contributed by atoms with E-state index in [-0.39, 0.29) is 27.5 Å². The van der Waals surface area contributed by atoms with E-state index in [1.807, 2.05) is 27.7 Å². The maximum atomic E-state index is 13.5. The third kappa shape index (κ3) is 9.39. The largest absolute Gasteiger partial charge is 0.372 e. The second-order valence-corrected chi connectivity index (χ2v) is 7.36. The standard InChI is InChI=1S/C18H27F3O3Si/c1-12(2)22-18(23-13(3)4)24-25-9-7-5-6-8-14-10-16(20)17(21)11-15(14)19/h10-13,18H,5-9H2,1-4H3. The lowest BCUT2D eigenvalue weighted by atomic mass is 10.1. The Hall–Kier alpha value is -0.893. The van der Waals surface area contributed by atoms with E-state index in [9.17, 15) is 13.2 Å². The summed E-state index contributed by atoms with van der Waals surface area (Å²) in [6.45, 7) is 7.01. The Kier molecular flexibility index (Phi) is 10.3. The molecule has 0 aliphatic rings. The van der Waals surface area contributed by atoms with Crippen LogP contribution in [0.15, 0.2) is 12.1 Å². The fourth-order valence-electron chi connectivity index (χ4n) is 2.10. The quantitative estimate of drug-likeness (QED) is 0.222. The van der Waals surface area contributed by atoms with Crippen LogP contribution in [0.5, 0.6) is 0 Å². The molecule has 0 bridgehead atoms. The second kappa shape index (κ2) is 11.7. The van der Waals surface area contributed by atoms with Gasteiger partial charge in [0, 0.05) is 6.07 Å². The molecule has 0 aliphatic carbocycles. The Morgan fingerprint density at radius 1 is 0.840 bits per heavy atom. The van der Waals surface area contributed by atoms with Gasteiger partial charge in [0.15, 0.2) is 11.6 Å². The molecule has 0 amide bonds. The third-order valence-corrected chi connectivity index (χ3v) is 4.18. The van der Waals surface area contributed by atoms with Gasteiger partial charge in [-0.25, -0.2) is 13.2 Å². The lowest BCUT2D eigenvalue weighted by molar-refractivity contribution is -0.275. The molecule has 0 aromatic heterocycles. The zero-order valence-electron chi connectivity index (χ0n) is 15.3. The van der Waals surface area contributed by atoms with Crippen LogP contribution in [0, 0.1) is 17.5 Å². The van der Waals surface area contributed by atoms with Crippen LogP contribution in [0.1, 0.15) is 52.5 Å². The SMILES string of the molecule is CC(C)OC(O[Si]CCCCCc1cc(F)c(F)cc1F)OC(C)C. The number of aryl methyl sites for hydroxylation is 1. The molecular weight excluding hydrogens is 349 g/mol. The molecule has 0 aliphatic heterocycles. The van der Waals surface area contributed by atoms with Crippen LogP contribution >= 0.6 is 0 Å². The van der Waals surface area contributed by atoms with Crippen molar-refractivity contribution in [3.8, 4) is 0 Å². The highest BCUT2D eigenvalue weighted by Gasteiger charge is 2.14. The molecule has 1 aromatic rings. The summed E-state index contributed by atoms with van der Waals surface area (Å²) in [5, 5.41) is 0. The van der Waals surface area contributed by atoms with Crippen LogP contribution in [-0.4, -0.2) is 28.4 Å². The van der Waals surface area contributed by atoms with Gasteiger partial charge in [0.05, 0.1) is 12.2 Å². The van der Waals surface area contributed by atoms with Crippen LogP contribution in [0.2, 0.25) is 6.04 Å². The summed E-state index contributed by atoms with van der Waals surface area (Å²) >= 11 is 0. The van der Waals surface area contributed by atoms with Crippen LogP contribution in [-0.2, 0) is 20.3 Å². The Bertz CT molecular complexity index is 503. The number of rotatable bonds is 12. The molecule has 0 spiro atoms. The average Bonchev–Trinajstić information content (AvgIpc) is 2.49. The predicted molar refractivity (Wildman–Crippen MR) is 91.7 cm³/mol. The van der Waals surface area contributed by atoms with E-state index in [0.717, 1.165) is 25.0 Å². The molecule has 25 heavy (non-hydrogen) atoms. The molecule has 0 heterocycles. The number of unbranched alkanes of at least 4 members (excludes halogenated alkanes) is 2. The number of ether oxygens (including phenoxy) is 2. The van der Waals surface area contributed by atoms with E-state index in [0.29, 0.717) is 18.9 Å². The Morgan fingerprint density at radius 3 is 2.04 bits per heavy atom. The number of benzene rings is 1. The van der Waals surface area contributed by atoms with Crippen molar-refractivity contribution in [2.75, 3.05) is 0 Å². The van der Waals surface area contributed by atoms with Crippen molar-refractivity contribution >= 4 is 9.76 Å². The molecule has 0 N–H and O–H groups in total. The molecule has 0 saturated heterocycles. The fraction of sp³-hybridized carbons (Fsp3) is 0.667. The fourth-order valence-corrected chi connectivity index (χ4v) is 2.86. The van der Waals surface area contributed by atoms with Crippen molar-refractivity contribution in [2.24, 2.45) is 0 Å². The van der Waals surface area contributed by atoms with Crippen molar-refractivity contribution in [3.05, 3.63) is 35.1 Å². The zero-order chi connectivity index (χ0) is 18.8. The molecule has 142 valence electrons. The molecule has 0 atom stereocenters. The Labute approximate surface area is 150 Å². The van der Waals surface area contributed by atoms with E-state index >= 15 is 0 Å². The van der Waals surface area contributed by atoms with Gasteiger partial charge in [0.1, 0.15) is 5.82 Å². The summed E-state index contributed by atoms with van der Waals surface area (Å²) in [6.07, 6.45) is 2.89. The summed E-state index contributed by atoms with van der Waals surface area (Å²) in [7, 11) is 0.250. The summed E-state index contributed by atoms with van der Waals surface area (Å²) in [5.41, 5.74) is 0.216. The summed E-state index contributed by atoms with van der Waals surface area (Å²) in [4.78, 5) is 0. The molecule has 3 nitrogen and oxygen atoms in total. The summed E-state index contributed by atoms with van der Waals surface area (Å²) < 4.78 is 56.2. The zero-order valence-corrected chi connectivity index (χ0v) is 16.3. The molecule has 0 unspecified atom stereocenters. The minimum atomic E-state index is -1.15. The first kappa shape index (κ1) is 22.1. The van der Waals surface area contributed by atoms with Gasteiger partial charge in [-0.05, 0) is 58.2 Å². The van der Waals surface area contributed by atoms with Crippen molar-refractivity contribution in [1.29, 1.82) is 0 Å². The van der Waals surface area contributed by atoms with Gasteiger partial charge >= 0.3 is 0 Å². The predicted octanol–water partition coefficient (Wildman–Crippen LogP) is 5.00. The number of hydrogen-bond donors (Lipinski definition) is 0. The van der Waals surface area contributed by atoms with Gasteiger partial charge in [0.25, 0.3) is 6.48 Å². The van der Waals surface area contributed by atoms with Crippen LogP contribution in [0.25, 0.3) is 0 Å². The van der Waals surface area contributed by atoms with Crippen LogP contribution in [0.4, 0.5) is 13.2 Å². The first-order valence-corrected chi connectivity index (χ1v) is 9.74. The Balaban J connectivity index is 2.20. The molecule has 7 heteroatoms. The highest BCUT2D eigenvalue weighted by molar-refractivity contribution is 6.27. The van der Waals surface area contributed by atoms with Crippen molar-refractivity contribution in [3.63, 3.8) is 0 Å². The molecule has 0 saturated carbocycles. The maximum absolute atomic E-state index is 13.5. The smallest absolute Gasteiger partial charge is 0.262 e. The highest BCUT2D eigenvalue weighted by Crippen LogP contribution is 2.16. The second-order valence-electron chi connectivity index (χ2n) is 6.34. The van der Waals surface area contributed by atoms with Crippen molar-refractivity contribution in [1.82, 2.24) is 0 Å². The first-order valence-electron chi connectivity index (χ1n) is 8.62. The molecule has 2 radical (unpaired) electrons. The minimum Gasteiger partial charge on any atom is -0.372 e. The van der Waals surface area contributed by atoms with Crippen molar-refractivity contribution < 1.29 is 27.1 Å². The average molecular weight is 376 g/mol. The lowest BCUT2D eigenvalue weighted by Gasteiger charge is -2.22. The van der Waals surface area contributed by atoms with E-state index in [2.05, 4.69) is 0 Å². The van der Waals surface area contributed by atoms with E-state index in [1.165, 1.54) is 0 Å². The molecule has 0 fully saturated rings. The van der Waals surface area contributed by atoms with Gasteiger partial charge in [-0.2, -0.15) is 0 Å². The molecule has 1 aromatic carbocycles. The highest BCUT2D eigenvalue weighted by atomic mass is 28.2. The Morgan fingerprint density at radius 2 is 1.44 bits per heavy atom. The van der Waals surface area contributed by atoms with E-state index in [1.54, 1.807) is 0 Å². The van der Waals surface area contributed by atoms with Gasteiger partial charge < -0.3 is 13.9 Å². The maximum Gasteiger partial charge on any atom is 0.262 e. The van der Waals surface area contributed by atoms with Gasteiger partial charge in [-0.15, -0.1) is 0 Å². The normalized spacial score (nSPS) is 11.9. The summed E-state index contributed by atoms with van der Waals surface area (Å²) in [5.74, 6) is -2.85. The molecular formula is C18H27F3O3Si. The lowest BCUT2D eigenvalue weighted by Crippen LogP contribution is -2.28. The minimum absolute atomic E-state index is 0.0135. The third-order valence-electron chi connectivity index (χ3n) is 3.26. The number of halogens is 3. The number of hydrogen-bond acceptors (Lipinski definition) is 3.